The Labute approximate surface area is 688 Å². The molecule has 586 valence electrons. The molecule has 12 nitrogen and oxygen atoms in total. The van der Waals surface area contributed by atoms with Crippen molar-refractivity contribution in [3.63, 3.8) is 0 Å². The van der Waals surface area contributed by atoms with Crippen molar-refractivity contribution in [3.05, 3.63) is 312 Å². The summed E-state index contributed by atoms with van der Waals surface area (Å²) < 4.78 is 8.98. The third kappa shape index (κ3) is 13.7. The largest absolute Gasteiger partial charge is 0.353 e. The summed E-state index contributed by atoms with van der Waals surface area (Å²) in [7, 11) is 15.1. The van der Waals surface area contributed by atoms with Gasteiger partial charge in [-0.15, -0.1) is 0 Å². The average Bonchev–Trinajstić information content (AvgIpc) is 1.62. The molecule has 10 aromatic carbocycles. The van der Waals surface area contributed by atoms with Crippen LogP contribution in [0.2, 0.25) is 0 Å². The highest BCUT2D eigenvalue weighted by molar-refractivity contribution is 5.96. The highest BCUT2D eigenvalue weighted by Crippen LogP contribution is 2.52. The van der Waals surface area contributed by atoms with Crippen LogP contribution in [0.4, 0.5) is 68.2 Å². The fourth-order valence-corrected chi connectivity index (χ4v) is 19.3. The van der Waals surface area contributed by atoms with Crippen molar-refractivity contribution in [2.75, 3.05) is 60.3 Å². The number of para-hydroxylation sites is 8. The SMILES string of the molecule is Cc1c(-c2c3ccccc3cc[n+]2C)cccc1N1c2ccccc2N(C)[C@H]1C.Cc1c(-c2cc3ccccc3c[n+]2C)cccc1N1c2ccccc2N(C)[C@H]1C.Cc1cc(-c2cccc(N3c4ccccc4N(C4CCCC4)[C@H]3C)c2C)[n+](C)cc1C.Cc1cc[n+](C)c(-c2cccc(N3c4ccccc4N(C)[C@H]3C)c2C)c1C. The van der Waals surface area contributed by atoms with Gasteiger partial charge in [0, 0.05) is 90.7 Å². The molecule has 0 saturated heterocycles. The van der Waals surface area contributed by atoms with Crippen LogP contribution < -0.4 is 57.5 Å². The lowest BCUT2D eigenvalue weighted by atomic mass is 9.97. The third-order valence-electron chi connectivity index (χ3n) is 26.2. The molecule has 14 aromatic rings. The molecule has 4 atom stereocenters. The molecule has 8 heterocycles. The Morgan fingerprint density at radius 1 is 0.276 bits per heavy atom. The number of aromatic nitrogens is 4. The number of rotatable bonds is 9. The molecule has 0 spiro atoms. The summed E-state index contributed by atoms with van der Waals surface area (Å²) in [6.45, 7) is 27.0. The van der Waals surface area contributed by atoms with Crippen LogP contribution in [-0.4, -0.2) is 51.8 Å². The minimum absolute atomic E-state index is 0.266. The fourth-order valence-electron chi connectivity index (χ4n) is 19.3. The van der Waals surface area contributed by atoms with Crippen LogP contribution in [0.15, 0.2) is 267 Å². The molecule has 1 saturated carbocycles. The first-order valence-electron chi connectivity index (χ1n) is 41.6. The smallest absolute Gasteiger partial charge is 0.220 e. The summed E-state index contributed by atoms with van der Waals surface area (Å²) in [6, 6.07) is 88.6. The molecule has 0 amide bonds. The molecule has 12 heteroatoms. The van der Waals surface area contributed by atoms with E-state index in [2.05, 4.69) is 457 Å². The van der Waals surface area contributed by atoms with E-state index in [1.165, 1.54) is 205 Å². The number of nitrogens with zero attached hydrogens (tertiary/aromatic N) is 12. The van der Waals surface area contributed by atoms with Gasteiger partial charge >= 0.3 is 0 Å². The molecule has 0 bridgehead atoms. The first-order valence-corrected chi connectivity index (χ1v) is 41.6. The fraction of sp³-hybridized carbons (Fsp3) is 0.269. The zero-order valence-electron chi connectivity index (χ0n) is 71.5. The summed E-state index contributed by atoms with van der Waals surface area (Å²) in [6.07, 6.45) is 15.2. The number of pyridine rings is 4. The van der Waals surface area contributed by atoms with E-state index in [-0.39, 0.29) is 18.5 Å². The topological polar surface area (TPSA) is 41.4 Å². The normalized spacial score (nSPS) is 16.6. The number of aryl methyl sites for hydroxylation is 7. The summed E-state index contributed by atoms with van der Waals surface area (Å²) in [5, 5.41) is 5.08. The monoisotopic (exact) mass is 1530 g/mol. The van der Waals surface area contributed by atoms with Gasteiger partial charge in [0.1, 0.15) is 52.9 Å². The number of anilines is 12. The molecule has 1 aliphatic carbocycles. The number of hydrogen-bond acceptors (Lipinski definition) is 8. The zero-order valence-corrected chi connectivity index (χ0v) is 71.5. The van der Waals surface area contributed by atoms with Gasteiger partial charge < -0.3 is 39.2 Å². The van der Waals surface area contributed by atoms with Crippen LogP contribution in [0.5, 0.6) is 0 Å². The maximum atomic E-state index is 2.68. The third-order valence-corrected chi connectivity index (χ3v) is 26.2. The van der Waals surface area contributed by atoms with Gasteiger partial charge in [-0.2, -0.15) is 0 Å². The van der Waals surface area contributed by atoms with E-state index in [1.54, 1.807) is 0 Å². The number of fused-ring (bicyclic) bond motifs is 6. The molecule has 4 aromatic heterocycles. The Bertz CT molecular complexity index is 6070. The van der Waals surface area contributed by atoms with Crippen LogP contribution in [0.3, 0.4) is 0 Å². The van der Waals surface area contributed by atoms with Gasteiger partial charge in [0.15, 0.2) is 24.8 Å². The van der Waals surface area contributed by atoms with Crippen molar-refractivity contribution in [2.24, 2.45) is 28.2 Å². The van der Waals surface area contributed by atoms with Gasteiger partial charge in [0.25, 0.3) is 0 Å². The molecule has 1 fully saturated rings. The summed E-state index contributed by atoms with van der Waals surface area (Å²) in [5.74, 6) is 0. The molecular weight excluding hydrogens is 1420 g/mol. The zero-order chi connectivity index (χ0) is 81.2. The lowest BCUT2D eigenvalue weighted by molar-refractivity contribution is -0.660. The Morgan fingerprint density at radius 2 is 0.629 bits per heavy atom. The molecule has 5 aliphatic rings. The summed E-state index contributed by atoms with van der Waals surface area (Å²) >= 11 is 0. The Kier molecular flexibility index (Phi) is 21.3. The van der Waals surface area contributed by atoms with Crippen LogP contribution in [0, 0.1) is 55.4 Å². The second-order valence-electron chi connectivity index (χ2n) is 32.9. The van der Waals surface area contributed by atoms with Gasteiger partial charge in [-0.05, 0) is 249 Å². The minimum Gasteiger partial charge on any atom is -0.353 e. The van der Waals surface area contributed by atoms with Gasteiger partial charge in [-0.3, -0.25) is 0 Å². The Morgan fingerprint density at radius 3 is 1.12 bits per heavy atom. The lowest BCUT2D eigenvalue weighted by Gasteiger charge is -2.35. The predicted molar refractivity (Wildman–Crippen MR) is 487 cm³/mol. The van der Waals surface area contributed by atoms with Crippen LogP contribution >= 0.6 is 0 Å². The maximum Gasteiger partial charge on any atom is 0.220 e. The molecule has 19 rings (SSSR count). The molecule has 0 radical (unpaired) electrons. The first kappa shape index (κ1) is 77.6. The first-order chi connectivity index (χ1) is 56.0. The molecular formula is C104H114N12+4. The van der Waals surface area contributed by atoms with E-state index < -0.39 is 0 Å². The van der Waals surface area contributed by atoms with E-state index in [4.69, 9.17) is 0 Å². The van der Waals surface area contributed by atoms with Gasteiger partial charge in [-0.1, -0.05) is 122 Å². The van der Waals surface area contributed by atoms with Gasteiger partial charge in [-0.25, -0.2) is 18.3 Å². The summed E-state index contributed by atoms with van der Waals surface area (Å²) in [4.78, 5) is 19.7. The molecule has 0 unspecified atom stereocenters. The van der Waals surface area contributed by atoms with Crippen molar-refractivity contribution >= 4 is 89.8 Å². The molecule has 4 aliphatic heterocycles. The maximum absolute atomic E-state index is 2.68. The van der Waals surface area contributed by atoms with Crippen LogP contribution in [0.1, 0.15) is 97.9 Å². The molecule has 0 N–H and O–H groups in total. The minimum atomic E-state index is 0.266. The van der Waals surface area contributed by atoms with Crippen LogP contribution in [0.25, 0.3) is 66.6 Å². The standard InChI is InChI=1S/C28H34N3.2C26H26N3.C24H28N3/c1-19-17-28(29(5)18-20(19)2)24-13-10-16-25(21(24)3)31-22(4)30(23-11-6-7-12-23)26-14-8-9-15-27(26)31;1-18-22(26-16-20-10-5-6-11-21(20)17-27(26)3)12-9-15-23(18)29-19(2)28(4)24-13-7-8-14-25(24)29;1-18-21(26-22-11-6-5-10-20(22)16-17-27(26)3)12-9-15-23(18)29-19(2)28(4)24-13-7-8-14-25(24)29;1-16-14-15-25(5)24(17(16)2)20-10-9-13-21(18(20)3)27-19(4)26(6)22-11-7-8-12-23(22)27/h8-10,13-18,22-23H,6-7,11-12H2,1-5H3;2*5-17,19H,1-4H3;7-15,19H,1-6H3/q4*+1/t22-;3*19-/m1111/s1. The Hall–Kier alpha value is -12.3. The van der Waals surface area contributed by atoms with Crippen molar-refractivity contribution in [2.45, 2.75) is 139 Å². The van der Waals surface area contributed by atoms with E-state index in [1.807, 2.05) is 0 Å². The number of hydrogen-bond donors (Lipinski definition) is 0. The van der Waals surface area contributed by atoms with Crippen LogP contribution in [-0.2, 0) is 28.2 Å². The van der Waals surface area contributed by atoms with E-state index >= 15 is 0 Å². The highest BCUT2D eigenvalue weighted by atomic mass is 15.4. The van der Waals surface area contributed by atoms with Gasteiger partial charge in [0.2, 0.25) is 22.8 Å². The van der Waals surface area contributed by atoms with Crippen molar-refractivity contribution in [3.8, 4) is 45.0 Å². The van der Waals surface area contributed by atoms with E-state index in [0.717, 1.165) is 0 Å². The number of benzene rings is 10. The van der Waals surface area contributed by atoms with E-state index in [0.29, 0.717) is 12.2 Å². The highest BCUT2D eigenvalue weighted by Gasteiger charge is 2.41. The van der Waals surface area contributed by atoms with Crippen molar-refractivity contribution in [1.29, 1.82) is 0 Å². The average molecular weight is 1530 g/mol. The van der Waals surface area contributed by atoms with Gasteiger partial charge in [0.05, 0.1) is 73.1 Å². The quantitative estimate of drug-likeness (QED) is 0.132. The predicted octanol–water partition coefficient (Wildman–Crippen LogP) is 22.5. The Balaban J connectivity index is 0.000000116. The molecule has 116 heavy (non-hydrogen) atoms. The summed E-state index contributed by atoms with van der Waals surface area (Å²) in [5.41, 5.74) is 36.3. The lowest BCUT2D eigenvalue weighted by Crippen LogP contribution is -2.44. The van der Waals surface area contributed by atoms with Crippen molar-refractivity contribution in [1.82, 2.24) is 0 Å². The van der Waals surface area contributed by atoms with Crippen molar-refractivity contribution < 1.29 is 18.3 Å². The second kappa shape index (κ2) is 31.8. The second-order valence-corrected chi connectivity index (χ2v) is 32.9. The van der Waals surface area contributed by atoms with E-state index in [9.17, 15) is 0 Å².